The van der Waals surface area contributed by atoms with Crippen molar-refractivity contribution in [1.29, 1.82) is 0 Å². The number of anilines is 1. The van der Waals surface area contributed by atoms with E-state index in [0.717, 1.165) is 27.0 Å². The SMILES string of the molecule is COc1nc(C(C)C)ccc1-c1cnc2sc(N3CC(N)(CO)C3)nn12. The van der Waals surface area contributed by atoms with E-state index in [1.165, 1.54) is 11.3 Å². The summed E-state index contributed by atoms with van der Waals surface area (Å²) in [7, 11) is 1.62. The first kappa shape index (κ1) is 17.2. The highest BCUT2D eigenvalue weighted by Crippen LogP contribution is 2.35. The largest absolute Gasteiger partial charge is 0.480 e. The lowest BCUT2D eigenvalue weighted by Gasteiger charge is -2.46. The van der Waals surface area contributed by atoms with E-state index in [1.54, 1.807) is 13.3 Å². The van der Waals surface area contributed by atoms with Crippen LogP contribution in [0.4, 0.5) is 5.13 Å². The highest BCUT2D eigenvalue weighted by atomic mass is 32.1. The molecular formula is C17H22N6O2S. The second-order valence-corrected chi connectivity index (χ2v) is 7.98. The van der Waals surface area contributed by atoms with Crippen molar-refractivity contribution in [2.75, 3.05) is 31.7 Å². The van der Waals surface area contributed by atoms with Crippen LogP contribution in [-0.2, 0) is 0 Å². The number of ether oxygens (including phenoxy) is 1. The monoisotopic (exact) mass is 374 g/mol. The van der Waals surface area contributed by atoms with E-state index >= 15 is 0 Å². The second-order valence-electron chi connectivity index (χ2n) is 7.05. The molecule has 0 spiro atoms. The molecule has 3 aromatic rings. The first-order valence-electron chi connectivity index (χ1n) is 8.48. The van der Waals surface area contributed by atoms with Crippen LogP contribution >= 0.6 is 11.3 Å². The molecule has 0 aromatic carbocycles. The fraction of sp³-hybridized carbons (Fsp3) is 0.471. The van der Waals surface area contributed by atoms with E-state index in [0.29, 0.717) is 24.9 Å². The van der Waals surface area contributed by atoms with Crippen LogP contribution in [0, 0.1) is 0 Å². The summed E-state index contributed by atoms with van der Waals surface area (Å²) in [6.45, 7) is 5.35. The molecule has 0 radical (unpaired) electrons. The number of hydrogen-bond acceptors (Lipinski definition) is 8. The van der Waals surface area contributed by atoms with Gasteiger partial charge in [-0.2, -0.15) is 0 Å². The van der Waals surface area contributed by atoms with Crippen molar-refractivity contribution in [3.63, 3.8) is 0 Å². The topological polar surface area (TPSA) is 102 Å². The Kier molecular flexibility index (Phi) is 4.09. The van der Waals surface area contributed by atoms with Gasteiger partial charge in [-0.25, -0.2) is 14.5 Å². The molecule has 138 valence electrons. The zero-order valence-corrected chi connectivity index (χ0v) is 15.8. The van der Waals surface area contributed by atoms with Gasteiger partial charge in [-0.3, -0.25) is 0 Å². The van der Waals surface area contributed by atoms with Gasteiger partial charge in [-0.05, 0) is 18.1 Å². The number of pyridine rings is 1. The zero-order chi connectivity index (χ0) is 18.5. The van der Waals surface area contributed by atoms with Crippen LogP contribution in [0.5, 0.6) is 5.88 Å². The van der Waals surface area contributed by atoms with E-state index in [9.17, 15) is 5.11 Å². The van der Waals surface area contributed by atoms with Crippen LogP contribution < -0.4 is 15.4 Å². The van der Waals surface area contributed by atoms with Gasteiger partial charge in [0.25, 0.3) is 0 Å². The molecule has 1 aliphatic heterocycles. The van der Waals surface area contributed by atoms with E-state index in [-0.39, 0.29) is 6.61 Å². The Labute approximate surface area is 155 Å². The van der Waals surface area contributed by atoms with Crippen molar-refractivity contribution in [2.24, 2.45) is 5.73 Å². The third-order valence-corrected chi connectivity index (χ3v) is 5.60. The molecule has 0 atom stereocenters. The predicted octanol–water partition coefficient (Wildman–Crippen LogP) is 1.49. The molecule has 4 heterocycles. The first-order chi connectivity index (χ1) is 12.4. The molecule has 0 unspecified atom stereocenters. The lowest BCUT2D eigenvalue weighted by Crippen LogP contribution is -2.69. The smallest absolute Gasteiger partial charge is 0.222 e. The Bertz CT molecular complexity index is 944. The van der Waals surface area contributed by atoms with Crippen molar-refractivity contribution in [2.45, 2.75) is 25.3 Å². The standard InChI is InChI=1S/C17H22N6O2S/c1-10(2)12-5-4-11(14(20-12)25-3)13-6-19-15-23(13)21-16(26-15)22-7-17(18,8-22)9-24/h4-6,10,24H,7-9,18H2,1-3H3. The Balaban J connectivity index is 1.70. The van der Waals surface area contributed by atoms with Crippen LogP contribution in [0.1, 0.15) is 25.5 Å². The number of nitrogens with zero attached hydrogens (tertiary/aromatic N) is 5. The number of imidazole rings is 1. The number of nitrogens with two attached hydrogens (primary N) is 1. The molecule has 1 fully saturated rings. The van der Waals surface area contributed by atoms with E-state index < -0.39 is 5.54 Å². The van der Waals surface area contributed by atoms with Crippen LogP contribution in [0.3, 0.4) is 0 Å². The lowest BCUT2D eigenvalue weighted by molar-refractivity contribution is 0.167. The zero-order valence-electron chi connectivity index (χ0n) is 15.0. The Morgan fingerprint density at radius 1 is 1.38 bits per heavy atom. The summed E-state index contributed by atoms with van der Waals surface area (Å²) in [5.41, 5.74) is 8.18. The predicted molar refractivity (Wildman–Crippen MR) is 101 cm³/mol. The molecular weight excluding hydrogens is 352 g/mol. The maximum atomic E-state index is 9.31. The Morgan fingerprint density at radius 2 is 2.15 bits per heavy atom. The average molecular weight is 374 g/mol. The number of fused-ring (bicyclic) bond motifs is 1. The third-order valence-electron chi connectivity index (χ3n) is 4.61. The molecule has 0 saturated carbocycles. The minimum atomic E-state index is -0.531. The van der Waals surface area contributed by atoms with Gasteiger partial charge < -0.3 is 20.5 Å². The van der Waals surface area contributed by atoms with Gasteiger partial charge in [0.15, 0.2) is 0 Å². The maximum Gasteiger partial charge on any atom is 0.222 e. The number of methoxy groups -OCH3 is 1. The average Bonchev–Trinajstić information content (AvgIpc) is 3.18. The molecule has 0 amide bonds. The summed E-state index contributed by atoms with van der Waals surface area (Å²) in [5, 5.41) is 14.8. The van der Waals surface area contributed by atoms with E-state index in [2.05, 4.69) is 33.8 Å². The van der Waals surface area contributed by atoms with Crippen LogP contribution in [-0.4, -0.2) is 57.0 Å². The molecule has 4 rings (SSSR count). The first-order valence-corrected chi connectivity index (χ1v) is 9.30. The highest BCUT2D eigenvalue weighted by molar-refractivity contribution is 7.20. The minimum Gasteiger partial charge on any atom is -0.480 e. The molecule has 9 heteroatoms. The molecule has 0 bridgehead atoms. The molecule has 3 N–H and O–H groups in total. The fourth-order valence-electron chi connectivity index (χ4n) is 3.07. The summed E-state index contributed by atoms with van der Waals surface area (Å²) in [6, 6.07) is 4.01. The fourth-order valence-corrected chi connectivity index (χ4v) is 3.95. The van der Waals surface area contributed by atoms with Crippen LogP contribution in [0.15, 0.2) is 18.3 Å². The van der Waals surface area contributed by atoms with Gasteiger partial charge in [0.2, 0.25) is 16.0 Å². The summed E-state index contributed by atoms with van der Waals surface area (Å²) in [6.07, 6.45) is 1.79. The van der Waals surface area contributed by atoms with Crippen molar-refractivity contribution in [1.82, 2.24) is 19.6 Å². The van der Waals surface area contributed by atoms with Gasteiger partial charge in [0.1, 0.15) is 0 Å². The highest BCUT2D eigenvalue weighted by Gasteiger charge is 2.40. The van der Waals surface area contributed by atoms with Crippen LogP contribution in [0.2, 0.25) is 0 Å². The number of aliphatic hydroxyl groups is 1. The second kappa shape index (κ2) is 6.19. The van der Waals surface area contributed by atoms with Gasteiger partial charge >= 0.3 is 0 Å². The summed E-state index contributed by atoms with van der Waals surface area (Å²) >= 11 is 1.50. The normalized spacial score (nSPS) is 16.3. The van der Waals surface area contributed by atoms with E-state index in [4.69, 9.17) is 10.5 Å². The van der Waals surface area contributed by atoms with Crippen molar-refractivity contribution < 1.29 is 9.84 Å². The van der Waals surface area contributed by atoms with Crippen molar-refractivity contribution in [3.8, 4) is 17.1 Å². The number of hydrogen-bond donors (Lipinski definition) is 2. The van der Waals surface area contributed by atoms with Crippen molar-refractivity contribution in [3.05, 3.63) is 24.0 Å². The molecule has 0 aliphatic carbocycles. The number of aromatic nitrogens is 4. The molecule has 1 aliphatic rings. The van der Waals surface area contributed by atoms with Gasteiger partial charge in [0.05, 0.1) is 36.7 Å². The van der Waals surface area contributed by atoms with Gasteiger partial charge in [-0.15, -0.1) is 5.10 Å². The molecule has 26 heavy (non-hydrogen) atoms. The molecule has 1 saturated heterocycles. The van der Waals surface area contributed by atoms with E-state index in [1.807, 2.05) is 16.6 Å². The van der Waals surface area contributed by atoms with Gasteiger partial charge in [-0.1, -0.05) is 25.2 Å². The van der Waals surface area contributed by atoms with Crippen LogP contribution in [0.25, 0.3) is 16.2 Å². The quantitative estimate of drug-likeness (QED) is 0.698. The molecule has 8 nitrogen and oxygen atoms in total. The lowest BCUT2D eigenvalue weighted by atomic mass is 9.93. The summed E-state index contributed by atoms with van der Waals surface area (Å²) in [4.78, 5) is 11.9. The Morgan fingerprint density at radius 3 is 2.81 bits per heavy atom. The number of rotatable bonds is 5. The van der Waals surface area contributed by atoms with Crippen molar-refractivity contribution >= 4 is 21.4 Å². The summed E-state index contributed by atoms with van der Waals surface area (Å²) in [5.74, 6) is 0.890. The van der Waals surface area contributed by atoms with Gasteiger partial charge in [0, 0.05) is 18.8 Å². The summed E-state index contributed by atoms with van der Waals surface area (Å²) < 4.78 is 7.32. The minimum absolute atomic E-state index is 0.0255. The number of aliphatic hydroxyl groups excluding tert-OH is 1. The Hall–Kier alpha value is -2.23. The third kappa shape index (κ3) is 2.72. The maximum absolute atomic E-state index is 9.31. The molecule has 3 aromatic heterocycles.